The van der Waals surface area contributed by atoms with Gasteiger partial charge in [0.05, 0.1) is 0 Å². The molecular formula is C14H24N4O3S. The molecule has 3 rings (SSSR count). The number of fused-ring (bicyclic) bond motifs is 2. The minimum Gasteiger partial charge on any atom is -0.299 e. The summed E-state index contributed by atoms with van der Waals surface area (Å²) < 4.78 is 27.5. The molecule has 3 aliphatic rings. The lowest BCUT2D eigenvalue weighted by molar-refractivity contribution is -0.132. The number of amides is 1. The molecule has 0 aromatic carbocycles. The predicted molar refractivity (Wildman–Crippen MR) is 83.6 cm³/mol. The molecule has 124 valence electrons. The Bertz CT molecular complexity index is 630. The lowest BCUT2D eigenvalue weighted by Crippen LogP contribution is -2.47. The highest BCUT2D eigenvalue weighted by Gasteiger charge is 2.61. The highest BCUT2D eigenvalue weighted by atomic mass is 32.2. The van der Waals surface area contributed by atoms with E-state index in [9.17, 15) is 13.2 Å². The fraction of sp³-hybridized carbons (Fsp3) is 0.857. The number of rotatable bonds is 3. The van der Waals surface area contributed by atoms with Gasteiger partial charge in [0, 0.05) is 39.6 Å². The van der Waals surface area contributed by atoms with Crippen molar-refractivity contribution in [3.63, 3.8) is 0 Å². The van der Waals surface area contributed by atoms with Crippen LogP contribution in [0.4, 0.5) is 0 Å². The Kier molecular flexibility index (Phi) is 3.61. The van der Waals surface area contributed by atoms with Crippen LogP contribution < -0.4 is 0 Å². The first-order valence-corrected chi connectivity index (χ1v) is 9.19. The summed E-state index contributed by atoms with van der Waals surface area (Å²) in [7, 11) is -0.336. The van der Waals surface area contributed by atoms with Crippen molar-refractivity contribution < 1.29 is 13.2 Å². The number of aliphatic imine (C=N–C) groups is 1. The second-order valence-corrected chi connectivity index (χ2v) is 8.79. The van der Waals surface area contributed by atoms with Crippen molar-refractivity contribution in [3.05, 3.63) is 0 Å². The summed E-state index contributed by atoms with van der Waals surface area (Å²) in [6, 6.07) is 0. The lowest BCUT2D eigenvalue weighted by atomic mass is 9.85. The third-order valence-corrected chi connectivity index (χ3v) is 7.26. The standard InChI is InChI=1S/C14H24N4O3S/c1-5-18-10(2)15-14(13(18)19)7-6-11-8-17(9-12(11)14)22(20,21)16(3)4/h11-12H,5-9H2,1-4H3/t11-,12+,14-/m1/s1. The molecule has 2 heterocycles. The molecule has 1 saturated carbocycles. The van der Waals surface area contributed by atoms with Crippen molar-refractivity contribution in [1.29, 1.82) is 0 Å². The Balaban J connectivity index is 1.90. The molecule has 0 N–H and O–H groups in total. The number of nitrogens with zero attached hydrogens (tertiary/aromatic N) is 4. The van der Waals surface area contributed by atoms with Crippen LogP contribution in [0.5, 0.6) is 0 Å². The topological polar surface area (TPSA) is 73.3 Å². The van der Waals surface area contributed by atoms with Gasteiger partial charge >= 0.3 is 0 Å². The largest absolute Gasteiger partial charge is 0.299 e. The lowest BCUT2D eigenvalue weighted by Gasteiger charge is -2.28. The number of hydrogen-bond acceptors (Lipinski definition) is 4. The monoisotopic (exact) mass is 328 g/mol. The van der Waals surface area contributed by atoms with Gasteiger partial charge in [-0.2, -0.15) is 17.0 Å². The maximum Gasteiger partial charge on any atom is 0.281 e. The van der Waals surface area contributed by atoms with Crippen molar-refractivity contribution >= 4 is 22.0 Å². The number of likely N-dealkylation sites (N-methyl/N-ethyl adjacent to an activating group) is 1. The predicted octanol–water partition coefficient (Wildman–Crippen LogP) is 0.154. The van der Waals surface area contributed by atoms with Crippen LogP contribution in [0.15, 0.2) is 4.99 Å². The molecule has 8 heteroatoms. The molecule has 3 atom stereocenters. The molecule has 0 unspecified atom stereocenters. The third-order valence-electron chi connectivity index (χ3n) is 5.39. The van der Waals surface area contributed by atoms with Crippen LogP contribution in [0.1, 0.15) is 26.7 Å². The summed E-state index contributed by atoms with van der Waals surface area (Å²) in [6.45, 7) is 5.33. The van der Waals surface area contributed by atoms with Crippen LogP contribution in [0, 0.1) is 11.8 Å². The number of carbonyl (C=O) groups is 1. The first kappa shape index (κ1) is 15.9. The van der Waals surface area contributed by atoms with Gasteiger partial charge in [0.15, 0.2) is 0 Å². The minimum absolute atomic E-state index is 0.00113. The van der Waals surface area contributed by atoms with Gasteiger partial charge in [-0.3, -0.25) is 14.7 Å². The van der Waals surface area contributed by atoms with E-state index < -0.39 is 15.7 Å². The van der Waals surface area contributed by atoms with Crippen LogP contribution in [0.2, 0.25) is 0 Å². The summed E-state index contributed by atoms with van der Waals surface area (Å²) in [5.74, 6) is 1.06. The van der Waals surface area contributed by atoms with Gasteiger partial charge in [-0.1, -0.05) is 0 Å². The van der Waals surface area contributed by atoms with Crippen molar-refractivity contribution in [3.8, 4) is 0 Å². The van der Waals surface area contributed by atoms with Crippen molar-refractivity contribution in [1.82, 2.24) is 13.5 Å². The van der Waals surface area contributed by atoms with E-state index in [0.29, 0.717) is 19.6 Å². The van der Waals surface area contributed by atoms with Crippen LogP contribution >= 0.6 is 0 Å². The molecule has 0 aromatic heterocycles. The molecule has 1 saturated heterocycles. The molecule has 0 radical (unpaired) electrons. The fourth-order valence-corrected chi connectivity index (χ4v) is 5.42. The Morgan fingerprint density at radius 2 is 2.05 bits per heavy atom. The maximum atomic E-state index is 12.8. The van der Waals surface area contributed by atoms with Gasteiger partial charge in [0.25, 0.3) is 16.1 Å². The van der Waals surface area contributed by atoms with Gasteiger partial charge in [0.1, 0.15) is 11.4 Å². The molecule has 1 amide bonds. The van der Waals surface area contributed by atoms with Crippen molar-refractivity contribution in [2.24, 2.45) is 16.8 Å². The maximum absolute atomic E-state index is 12.8. The zero-order valence-electron chi connectivity index (χ0n) is 13.6. The Morgan fingerprint density at radius 3 is 2.59 bits per heavy atom. The fourth-order valence-electron chi connectivity index (χ4n) is 4.23. The van der Waals surface area contributed by atoms with E-state index in [4.69, 9.17) is 4.99 Å². The summed E-state index contributed by atoms with van der Waals surface area (Å²) >= 11 is 0. The zero-order chi connectivity index (χ0) is 16.3. The number of hydrogen-bond donors (Lipinski definition) is 0. The summed E-state index contributed by atoms with van der Waals surface area (Å²) in [5, 5.41) is 0. The van der Waals surface area contributed by atoms with E-state index in [1.807, 2.05) is 13.8 Å². The van der Waals surface area contributed by atoms with Crippen molar-refractivity contribution in [2.75, 3.05) is 33.7 Å². The highest BCUT2D eigenvalue weighted by molar-refractivity contribution is 7.86. The molecule has 0 aromatic rings. The normalized spacial score (nSPS) is 35.8. The minimum atomic E-state index is -3.42. The van der Waals surface area contributed by atoms with Crippen LogP contribution in [0.3, 0.4) is 0 Å². The molecule has 0 bridgehead atoms. The van der Waals surface area contributed by atoms with Gasteiger partial charge in [-0.25, -0.2) is 0 Å². The summed E-state index contributed by atoms with van der Waals surface area (Å²) in [5.41, 5.74) is -0.721. The van der Waals surface area contributed by atoms with E-state index in [0.717, 1.165) is 18.7 Å². The van der Waals surface area contributed by atoms with Gasteiger partial charge in [-0.15, -0.1) is 0 Å². The highest BCUT2D eigenvalue weighted by Crippen LogP contribution is 2.50. The molecule has 1 spiro atoms. The quantitative estimate of drug-likeness (QED) is 0.740. The van der Waals surface area contributed by atoms with Crippen LogP contribution in [-0.2, 0) is 15.0 Å². The Morgan fingerprint density at radius 1 is 1.36 bits per heavy atom. The van der Waals surface area contributed by atoms with Crippen LogP contribution in [0.25, 0.3) is 0 Å². The molecular weight excluding hydrogens is 304 g/mol. The van der Waals surface area contributed by atoms with Gasteiger partial charge < -0.3 is 0 Å². The van der Waals surface area contributed by atoms with Crippen LogP contribution in [-0.4, -0.2) is 72.9 Å². The van der Waals surface area contributed by atoms with E-state index in [2.05, 4.69) is 0 Å². The van der Waals surface area contributed by atoms with E-state index in [1.165, 1.54) is 8.61 Å². The Labute approximate surface area is 132 Å². The Hall–Kier alpha value is -0.990. The van der Waals surface area contributed by atoms with E-state index >= 15 is 0 Å². The van der Waals surface area contributed by atoms with Gasteiger partial charge in [0.2, 0.25) is 0 Å². The second kappa shape index (κ2) is 5.01. The number of amidine groups is 1. The first-order valence-electron chi connectivity index (χ1n) is 7.80. The molecule has 7 nitrogen and oxygen atoms in total. The summed E-state index contributed by atoms with van der Waals surface area (Å²) in [6.07, 6.45) is 1.61. The SMILES string of the molecule is CCN1C(=O)[C@]2(CC[C@@H]3CN(S(=O)(=O)N(C)C)C[C@@H]32)N=C1C. The summed E-state index contributed by atoms with van der Waals surface area (Å²) in [4.78, 5) is 19.3. The first-order chi connectivity index (χ1) is 10.2. The molecule has 2 fully saturated rings. The smallest absolute Gasteiger partial charge is 0.281 e. The second-order valence-electron chi connectivity index (χ2n) is 6.65. The molecule has 1 aliphatic carbocycles. The molecule has 22 heavy (non-hydrogen) atoms. The molecule has 2 aliphatic heterocycles. The average molecular weight is 328 g/mol. The van der Waals surface area contributed by atoms with Gasteiger partial charge in [-0.05, 0) is 32.6 Å². The third kappa shape index (κ3) is 1.97. The van der Waals surface area contributed by atoms with E-state index in [1.54, 1.807) is 19.0 Å². The van der Waals surface area contributed by atoms with E-state index in [-0.39, 0.29) is 17.7 Å². The number of carbonyl (C=O) groups excluding carboxylic acids is 1. The average Bonchev–Trinajstić information content (AvgIpc) is 3.06. The zero-order valence-corrected chi connectivity index (χ0v) is 14.4. The van der Waals surface area contributed by atoms with Crippen molar-refractivity contribution in [2.45, 2.75) is 32.2 Å².